The standard InChI is InChI=1S/C25H20N2O4S2/c1-3-31-16-9-7-15(8-10-16)21-20(22(28)18-5-4-12-32-18)23(29)24(30)27(21)25-26-17-11-6-14(2)13-19(17)33-25/h4-13,21,29H,3H2,1-2H3/t21-/m1/s1. The van der Waals surface area contributed by atoms with Gasteiger partial charge in [-0.1, -0.05) is 35.6 Å². The molecule has 1 aliphatic rings. The Morgan fingerprint density at radius 2 is 1.97 bits per heavy atom. The van der Waals surface area contributed by atoms with E-state index in [0.29, 0.717) is 27.9 Å². The second kappa shape index (κ2) is 8.46. The largest absolute Gasteiger partial charge is 0.503 e. The first-order valence-electron chi connectivity index (χ1n) is 10.4. The van der Waals surface area contributed by atoms with Crippen LogP contribution in [-0.2, 0) is 4.79 Å². The van der Waals surface area contributed by atoms with Crippen molar-refractivity contribution in [2.75, 3.05) is 11.5 Å². The Morgan fingerprint density at radius 1 is 1.18 bits per heavy atom. The van der Waals surface area contributed by atoms with Gasteiger partial charge in [-0.15, -0.1) is 11.3 Å². The first-order valence-corrected chi connectivity index (χ1v) is 12.1. The zero-order valence-corrected chi connectivity index (χ0v) is 19.6. The highest BCUT2D eigenvalue weighted by Crippen LogP contribution is 2.44. The normalized spacial score (nSPS) is 16.1. The van der Waals surface area contributed by atoms with E-state index in [0.717, 1.165) is 15.8 Å². The number of aliphatic hydroxyl groups excluding tert-OH is 1. The van der Waals surface area contributed by atoms with Crippen molar-refractivity contribution in [2.45, 2.75) is 19.9 Å². The van der Waals surface area contributed by atoms with Gasteiger partial charge in [0, 0.05) is 0 Å². The first kappa shape index (κ1) is 21.4. The third-order valence-electron chi connectivity index (χ3n) is 5.44. The smallest absolute Gasteiger partial charge is 0.296 e. The molecule has 0 bridgehead atoms. The number of ketones is 1. The number of benzene rings is 2. The van der Waals surface area contributed by atoms with Crippen molar-refractivity contribution in [3.63, 3.8) is 0 Å². The quantitative estimate of drug-likeness (QED) is 0.353. The van der Waals surface area contributed by atoms with Crippen LogP contribution in [0, 0.1) is 6.92 Å². The van der Waals surface area contributed by atoms with Crippen LogP contribution in [0.25, 0.3) is 10.2 Å². The molecule has 1 aliphatic heterocycles. The fourth-order valence-electron chi connectivity index (χ4n) is 3.93. The van der Waals surface area contributed by atoms with Gasteiger partial charge >= 0.3 is 0 Å². The molecule has 3 heterocycles. The maximum atomic E-state index is 13.4. The predicted molar refractivity (Wildman–Crippen MR) is 130 cm³/mol. The number of fused-ring (bicyclic) bond motifs is 1. The van der Waals surface area contributed by atoms with E-state index in [1.807, 2.05) is 44.2 Å². The number of nitrogens with zero attached hydrogens (tertiary/aromatic N) is 2. The van der Waals surface area contributed by atoms with E-state index >= 15 is 0 Å². The molecule has 0 fully saturated rings. The molecule has 2 aromatic carbocycles. The molecule has 5 rings (SSSR count). The molecule has 1 N–H and O–H groups in total. The number of aliphatic hydroxyl groups is 1. The fourth-order valence-corrected chi connectivity index (χ4v) is 5.69. The van der Waals surface area contributed by atoms with Crippen LogP contribution in [0.4, 0.5) is 5.13 Å². The first-order chi connectivity index (χ1) is 16.0. The molecule has 0 saturated heterocycles. The van der Waals surface area contributed by atoms with Crippen molar-refractivity contribution in [1.29, 1.82) is 0 Å². The number of thiazole rings is 1. The molecule has 166 valence electrons. The lowest BCUT2D eigenvalue weighted by Crippen LogP contribution is -2.30. The summed E-state index contributed by atoms with van der Waals surface area (Å²) in [6.07, 6.45) is 0. The summed E-state index contributed by atoms with van der Waals surface area (Å²) in [5, 5.41) is 13.1. The van der Waals surface area contributed by atoms with E-state index in [-0.39, 0.29) is 11.4 Å². The number of anilines is 1. The number of carbonyl (C=O) groups excluding carboxylic acids is 2. The van der Waals surface area contributed by atoms with Crippen LogP contribution in [0.15, 0.2) is 71.3 Å². The van der Waals surface area contributed by atoms with Gasteiger partial charge in [0.15, 0.2) is 10.9 Å². The monoisotopic (exact) mass is 476 g/mol. The number of aromatic nitrogens is 1. The molecule has 0 unspecified atom stereocenters. The minimum Gasteiger partial charge on any atom is -0.503 e. The zero-order chi connectivity index (χ0) is 23.1. The van der Waals surface area contributed by atoms with E-state index in [1.54, 1.807) is 29.6 Å². The molecule has 0 radical (unpaired) electrons. The Kier molecular flexibility index (Phi) is 5.47. The van der Waals surface area contributed by atoms with Gasteiger partial charge in [-0.25, -0.2) is 4.98 Å². The second-order valence-corrected chi connectivity index (χ2v) is 9.57. The number of carbonyl (C=O) groups is 2. The lowest BCUT2D eigenvalue weighted by molar-refractivity contribution is -0.117. The Balaban J connectivity index is 1.65. The Bertz CT molecular complexity index is 1390. The molecule has 2 aromatic heterocycles. The highest BCUT2D eigenvalue weighted by atomic mass is 32.1. The van der Waals surface area contributed by atoms with Crippen molar-refractivity contribution >= 4 is 49.7 Å². The average molecular weight is 477 g/mol. The molecule has 6 nitrogen and oxygen atoms in total. The van der Waals surface area contributed by atoms with Crippen molar-refractivity contribution in [2.24, 2.45) is 0 Å². The number of Topliss-reactive ketones (excluding diaryl/α,β-unsaturated/α-hetero) is 1. The molecule has 0 aliphatic carbocycles. The minimum absolute atomic E-state index is 0.0575. The van der Waals surface area contributed by atoms with Crippen LogP contribution in [-0.4, -0.2) is 28.4 Å². The average Bonchev–Trinajstić information content (AvgIpc) is 3.53. The van der Waals surface area contributed by atoms with Crippen molar-refractivity contribution in [3.05, 3.63) is 87.3 Å². The third-order valence-corrected chi connectivity index (χ3v) is 7.33. The van der Waals surface area contributed by atoms with Crippen LogP contribution in [0.2, 0.25) is 0 Å². The number of thiophene rings is 1. The van der Waals surface area contributed by atoms with Gasteiger partial charge in [0.25, 0.3) is 5.91 Å². The molecular formula is C25H20N2O4S2. The van der Waals surface area contributed by atoms with Gasteiger partial charge in [-0.2, -0.15) is 0 Å². The predicted octanol–water partition coefficient (Wildman–Crippen LogP) is 5.85. The summed E-state index contributed by atoms with van der Waals surface area (Å²) in [6.45, 7) is 4.42. The third kappa shape index (κ3) is 3.71. The van der Waals surface area contributed by atoms with Gasteiger partial charge in [0.1, 0.15) is 5.75 Å². The maximum Gasteiger partial charge on any atom is 0.296 e. The van der Waals surface area contributed by atoms with E-state index in [1.165, 1.54) is 27.6 Å². The number of rotatable bonds is 6. The van der Waals surface area contributed by atoms with Crippen LogP contribution in [0.1, 0.15) is 33.8 Å². The van der Waals surface area contributed by atoms with E-state index in [4.69, 9.17) is 4.74 Å². The summed E-state index contributed by atoms with van der Waals surface area (Å²) < 4.78 is 6.48. The summed E-state index contributed by atoms with van der Waals surface area (Å²) in [6, 6.07) is 15.8. The van der Waals surface area contributed by atoms with Crippen LogP contribution in [0.5, 0.6) is 5.75 Å². The molecule has 0 saturated carbocycles. The molecule has 4 aromatic rings. The highest BCUT2D eigenvalue weighted by Gasteiger charge is 2.46. The number of aryl methyl sites for hydroxylation is 1. The lowest BCUT2D eigenvalue weighted by Gasteiger charge is -2.24. The fraction of sp³-hybridized carbons (Fsp3) is 0.160. The van der Waals surface area contributed by atoms with Crippen molar-refractivity contribution < 1.29 is 19.4 Å². The van der Waals surface area contributed by atoms with Crippen molar-refractivity contribution in [1.82, 2.24) is 4.98 Å². The van der Waals surface area contributed by atoms with Gasteiger partial charge in [0.05, 0.1) is 33.3 Å². The van der Waals surface area contributed by atoms with E-state index in [9.17, 15) is 14.7 Å². The summed E-state index contributed by atoms with van der Waals surface area (Å²) in [7, 11) is 0. The number of hydrogen-bond donors (Lipinski definition) is 1. The Labute approximate surface area is 198 Å². The van der Waals surface area contributed by atoms with Gasteiger partial charge in [-0.05, 0) is 60.7 Å². The maximum absolute atomic E-state index is 13.4. The molecule has 0 spiro atoms. The number of ether oxygens (including phenoxy) is 1. The molecular weight excluding hydrogens is 456 g/mol. The Morgan fingerprint density at radius 3 is 2.67 bits per heavy atom. The SMILES string of the molecule is CCOc1ccc([C@@H]2C(C(=O)c3cccs3)=C(O)C(=O)N2c2nc3ccc(C)cc3s2)cc1. The van der Waals surface area contributed by atoms with Gasteiger partial charge in [0.2, 0.25) is 5.78 Å². The molecule has 1 amide bonds. The number of amides is 1. The van der Waals surface area contributed by atoms with Crippen molar-refractivity contribution in [3.8, 4) is 5.75 Å². The topological polar surface area (TPSA) is 79.7 Å². The molecule has 8 heteroatoms. The minimum atomic E-state index is -0.801. The van der Waals surface area contributed by atoms with Gasteiger partial charge in [-0.3, -0.25) is 14.5 Å². The molecule has 1 atom stereocenters. The van der Waals surface area contributed by atoms with Crippen LogP contribution >= 0.6 is 22.7 Å². The summed E-state index contributed by atoms with van der Waals surface area (Å²) in [5.74, 6) is -0.853. The Hall–Kier alpha value is -3.49. The summed E-state index contributed by atoms with van der Waals surface area (Å²) >= 11 is 2.63. The lowest BCUT2D eigenvalue weighted by atomic mass is 9.95. The highest BCUT2D eigenvalue weighted by molar-refractivity contribution is 7.22. The summed E-state index contributed by atoms with van der Waals surface area (Å²) in [5.41, 5.74) is 2.59. The second-order valence-electron chi connectivity index (χ2n) is 7.62. The van der Waals surface area contributed by atoms with E-state index < -0.39 is 17.7 Å². The number of hydrogen-bond acceptors (Lipinski definition) is 7. The van der Waals surface area contributed by atoms with Crippen LogP contribution < -0.4 is 9.64 Å². The van der Waals surface area contributed by atoms with Gasteiger partial charge < -0.3 is 9.84 Å². The van der Waals surface area contributed by atoms with Crippen LogP contribution in [0.3, 0.4) is 0 Å². The zero-order valence-electron chi connectivity index (χ0n) is 17.9. The molecule has 33 heavy (non-hydrogen) atoms. The van der Waals surface area contributed by atoms with E-state index in [2.05, 4.69) is 4.98 Å². The summed E-state index contributed by atoms with van der Waals surface area (Å²) in [4.78, 5) is 33.2.